The number of fused-ring (bicyclic) bond motifs is 1. The molecule has 1 unspecified atom stereocenters. The molecule has 6 heteroatoms. The van der Waals surface area contributed by atoms with Crippen LogP contribution in [0.3, 0.4) is 0 Å². The maximum atomic E-state index is 11.5. The summed E-state index contributed by atoms with van der Waals surface area (Å²) in [6, 6.07) is -0.0557. The van der Waals surface area contributed by atoms with Gasteiger partial charge in [-0.2, -0.15) is 4.98 Å². The largest absolute Gasteiger partial charge is 0.336 e. The third kappa shape index (κ3) is 1.80. The van der Waals surface area contributed by atoms with Crippen LogP contribution in [0.25, 0.3) is 11.1 Å². The van der Waals surface area contributed by atoms with E-state index in [9.17, 15) is 4.79 Å². The summed E-state index contributed by atoms with van der Waals surface area (Å²) in [6.07, 6.45) is 2.66. The van der Waals surface area contributed by atoms with E-state index in [1.807, 2.05) is 0 Å². The predicted molar refractivity (Wildman–Crippen MR) is 59.3 cm³/mol. The summed E-state index contributed by atoms with van der Waals surface area (Å²) in [6.45, 7) is 2.50. The van der Waals surface area contributed by atoms with E-state index >= 15 is 0 Å². The normalized spacial score (nSPS) is 21.0. The van der Waals surface area contributed by atoms with E-state index in [0.29, 0.717) is 30.9 Å². The number of carbonyl (C=O) groups excluding carboxylic acids is 1. The third-order valence-corrected chi connectivity index (χ3v) is 2.93. The van der Waals surface area contributed by atoms with Crippen LogP contribution < -0.4 is 5.32 Å². The number of hydrogen-bond acceptors (Lipinski definition) is 6. The molecule has 1 N–H and O–H groups in total. The first kappa shape index (κ1) is 10.3. The van der Waals surface area contributed by atoms with Crippen molar-refractivity contribution in [3.63, 3.8) is 0 Å². The SMILES string of the molecule is Cc1nc(C2CC(=O)CCN2)c2cnoc2n1. The zero-order valence-electron chi connectivity index (χ0n) is 9.43. The molecule has 0 aliphatic carbocycles. The molecule has 17 heavy (non-hydrogen) atoms. The third-order valence-electron chi connectivity index (χ3n) is 2.93. The number of aromatic nitrogens is 3. The Morgan fingerprint density at radius 2 is 2.35 bits per heavy atom. The summed E-state index contributed by atoms with van der Waals surface area (Å²) < 4.78 is 5.04. The number of ketones is 1. The van der Waals surface area contributed by atoms with Gasteiger partial charge in [0, 0.05) is 19.4 Å². The molecule has 88 valence electrons. The number of aryl methyl sites for hydroxylation is 1. The van der Waals surface area contributed by atoms with Crippen LogP contribution in [0.4, 0.5) is 0 Å². The highest BCUT2D eigenvalue weighted by atomic mass is 16.5. The average Bonchev–Trinajstić information content (AvgIpc) is 2.75. The fourth-order valence-electron chi connectivity index (χ4n) is 2.14. The maximum absolute atomic E-state index is 11.5. The van der Waals surface area contributed by atoms with Crippen LogP contribution in [-0.2, 0) is 4.79 Å². The Labute approximate surface area is 97.4 Å². The molecule has 1 saturated heterocycles. The van der Waals surface area contributed by atoms with Crippen molar-refractivity contribution in [2.75, 3.05) is 6.54 Å². The quantitative estimate of drug-likeness (QED) is 0.787. The number of nitrogens with one attached hydrogen (secondary N) is 1. The molecule has 0 bridgehead atoms. The average molecular weight is 232 g/mol. The van der Waals surface area contributed by atoms with Crippen LogP contribution >= 0.6 is 0 Å². The van der Waals surface area contributed by atoms with Crippen LogP contribution in [0.2, 0.25) is 0 Å². The lowest BCUT2D eigenvalue weighted by Gasteiger charge is -2.22. The molecule has 3 rings (SSSR count). The minimum Gasteiger partial charge on any atom is -0.336 e. The zero-order valence-corrected chi connectivity index (χ0v) is 9.43. The number of hydrogen-bond donors (Lipinski definition) is 1. The van der Waals surface area contributed by atoms with Gasteiger partial charge < -0.3 is 9.84 Å². The number of carbonyl (C=O) groups is 1. The van der Waals surface area contributed by atoms with Gasteiger partial charge in [-0.1, -0.05) is 5.16 Å². The smallest absolute Gasteiger partial charge is 0.261 e. The first-order chi connectivity index (χ1) is 8.24. The van der Waals surface area contributed by atoms with Gasteiger partial charge >= 0.3 is 0 Å². The van der Waals surface area contributed by atoms with Gasteiger partial charge in [-0.15, -0.1) is 0 Å². The van der Waals surface area contributed by atoms with E-state index in [2.05, 4.69) is 20.4 Å². The van der Waals surface area contributed by atoms with Gasteiger partial charge in [-0.25, -0.2) is 4.98 Å². The molecule has 0 aromatic carbocycles. The van der Waals surface area contributed by atoms with Crippen molar-refractivity contribution in [2.24, 2.45) is 0 Å². The maximum Gasteiger partial charge on any atom is 0.261 e. The topological polar surface area (TPSA) is 80.9 Å². The summed E-state index contributed by atoms with van der Waals surface area (Å²) in [5.41, 5.74) is 1.29. The van der Waals surface area contributed by atoms with Crippen LogP contribution in [0.5, 0.6) is 0 Å². The van der Waals surface area contributed by atoms with Crippen LogP contribution in [0, 0.1) is 6.92 Å². The van der Waals surface area contributed by atoms with Gasteiger partial charge in [-0.05, 0) is 6.92 Å². The molecule has 0 radical (unpaired) electrons. The second-order valence-electron chi connectivity index (χ2n) is 4.20. The van der Waals surface area contributed by atoms with Crippen LogP contribution in [-0.4, -0.2) is 27.5 Å². The summed E-state index contributed by atoms with van der Waals surface area (Å²) in [4.78, 5) is 20.0. The van der Waals surface area contributed by atoms with E-state index < -0.39 is 0 Å². The lowest BCUT2D eigenvalue weighted by molar-refractivity contribution is -0.120. The molecule has 6 nitrogen and oxygen atoms in total. The molecule has 1 aliphatic heterocycles. The molecular formula is C11H12N4O2. The van der Waals surface area contributed by atoms with Gasteiger partial charge in [0.2, 0.25) is 0 Å². The predicted octanol–water partition coefficient (Wildman–Crippen LogP) is 0.920. The standard InChI is InChI=1S/C11H12N4O2/c1-6-14-10(8-5-13-17-11(8)15-6)9-4-7(16)2-3-12-9/h5,9,12H,2-4H2,1H3. The number of piperidine rings is 1. The molecule has 1 atom stereocenters. The van der Waals surface area contributed by atoms with E-state index in [-0.39, 0.29) is 11.8 Å². The van der Waals surface area contributed by atoms with Gasteiger partial charge in [0.1, 0.15) is 11.6 Å². The molecule has 3 heterocycles. The van der Waals surface area contributed by atoms with Gasteiger partial charge in [-0.3, -0.25) is 4.79 Å². The van der Waals surface area contributed by atoms with Gasteiger partial charge in [0.25, 0.3) is 5.71 Å². The van der Waals surface area contributed by atoms with Crippen molar-refractivity contribution in [1.29, 1.82) is 0 Å². The summed E-state index contributed by atoms with van der Waals surface area (Å²) in [7, 11) is 0. The fourth-order valence-corrected chi connectivity index (χ4v) is 2.14. The van der Waals surface area contributed by atoms with Crippen molar-refractivity contribution in [3.05, 3.63) is 17.7 Å². The molecule has 0 saturated carbocycles. The monoisotopic (exact) mass is 232 g/mol. The van der Waals surface area contributed by atoms with Gasteiger partial charge in [0.05, 0.1) is 23.3 Å². The highest BCUT2D eigenvalue weighted by molar-refractivity contribution is 5.82. The molecular weight excluding hydrogens is 220 g/mol. The van der Waals surface area contributed by atoms with E-state index in [0.717, 1.165) is 11.1 Å². The Morgan fingerprint density at radius 1 is 1.47 bits per heavy atom. The Bertz CT molecular complexity index is 578. The second kappa shape index (κ2) is 3.89. The molecule has 2 aromatic rings. The van der Waals surface area contributed by atoms with Crippen molar-refractivity contribution >= 4 is 16.9 Å². The van der Waals surface area contributed by atoms with Crippen molar-refractivity contribution in [3.8, 4) is 0 Å². The minimum absolute atomic E-state index is 0.0557. The summed E-state index contributed by atoms with van der Waals surface area (Å²) in [5.74, 6) is 0.888. The Balaban J connectivity index is 2.09. The Morgan fingerprint density at radius 3 is 3.18 bits per heavy atom. The fraction of sp³-hybridized carbons (Fsp3) is 0.455. The zero-order chi connectivity index (χ0) is 11.8. The Kier molecular flexibility index (Phi) is 2.36. The molecule has 1 fully saturated rings. The molecule has 0 spiro atoms. The van der Waals surface area contributed by atoms with Crippen molar-refractivity contribution in [2.45, 2.75) is 25.8 Å². The first-order valence-corrected chi connectivity index (χ1v) is 5.58. The van der Waals surface area contributed by atoms with Crippen molar-refractivity contribution in [1.82, 2.24) is 20.4 Å². The highest BCUT2D eigenvalue weighted by Gasteiger charge is 2.24. The number of nitrogens with zero attached hydrogens (tertiary/aromatic N) is 3. The van der Waals surface area contributed by atoms with E-state index in [4.69, 9.17) is 4.52 Å². The highest BCUT2D eigenvalue weighted by Crippen LogP contribution is 2.25. The second-order valence-corrected chi connectivity index (χ2v) is 4.20. The number of Topliss-reactive ketones (excluding diaryl/α,β-unsaturated/α-hetero) is 1. The molecule has 1 aliphatic rings. The van der Waals surface area contributed by atoms with Gasteiger partial charge in [0.15, 0.2) is 0 Å². The summed E-state index contributed by atoms with van der Waals surface area (Å²) >= 11 is 0. The van der Waals surface area contributed by atoms with Crippen LogP contribution in [0.1, 0.15) is 30.4 Å². The Hall–Kier alpha value is -1.82. The lowest BCUT2D eigenvalue weighted by Crippen LogP contribution is -2.32. The van der Waals surface area contributed by atoms with Crippen molar-refractivity contribution < 1.29 is 9.32 Å². The van der Waals surface area contributed by atoms with E-state index in [1.165, 1.54) is 0 Å². The number of rotatable bonds is 1. The summed E-state index contributed by atoms with van der Waals surface area (Å²) in [5, 5.41) is 7.80. The molecule has 2 aromatic heterocycles. The lowest BCUT2D eigenvalue weighted by atomic mass is 9.99. The van der Waals surface area contributed by atoms with E-state index in [1.54, 1.807) is 13.1 Å². The molecule has 0 amide bonds. The van der Waals surface area contributed by atoms with Crippen LogP contribution in [0.15, 0.2) is 10.7 Å². The first-order valence-electron chi connectivity index (χ1n) is 5.58. The minimum atomic E-state index is -0.0557.